The van der Waals surface area contributed by atoms with Crippen molar-refractivity contribution in [1.82, 2.24) is 0 Å². The zero-order valence-corrected chi connectivity index (χ0v) is 14.7. The summed E-state index contributed by atoms with van der Waals surface area (Å²) in [6.07, 6.45) is -0.172. The maximum absolute atomic E-state index is 11.6. The highest BCUT2D eigenvalue weighted by molar-refractivity contribution is 6.30. The van der Waals surface area contributed by atoms with E-state index in [9.17, 15) is 4.79 Å². The zero-order chi connectivity index (χ0) is 17.5. The number of rotatable bonds is 7. The van der Waals surface area contributed by atoms with Gasteiger partial charge in [0.05, 0.1) is 12.5 Å². The van der Waals surface area contributed by atoms with Crippen molar-refractivity contribution in [3.8, 4) is 17.2 Å². The Labute approximate surface area is 147 Å². The second-order valence-electron chi connectivity index (χ2n) is 5.70. The van der Waals surface area contributed by atoms with Gasteiger partial charge in [0, 0.05) is 5.02 Å². The third-order valence-electron chi connectivity index (χ3n) is 3.03. The van der Waals surface area contributed by atoms with Gasteiger partial charge in [0.1, 0.15) is 23.4 Å². The molecule has 1 unspecified atom stereocenters. The molecule has 128 valence electrons. The van der Waals surface area contributed by atoms with Crippen LogP contribution < -0.4 is 9.47 Å². The molecule has 2 rings (SSSR count). The molecular formula is C19H21ClO4. The molecule has 24 heavy (non-hydrogen) atoms. The van der Waals surface area contributed by atoms with E-state index in [-0.39, 0.29) is 24.6 Å². The summed E-state index contributed by atoms with van der Waals surface area (Å²) in [5.74, 6) is 1.80. The molecule has 0 aliphatic rings. The van der Waals surface area contributed by atoms with E-state index in [1.807, 2.05) is 32.9 Å². The zero-order valence-electron chi connectivity index (χ0n) is 14.0. The number of ether oxygens (including phenoxy) is 3. The first-order valence-electron chi connectivity index (χ1n) is 7.82. The molecule has 0 radical (unpaired) electrons. The summed E-state index contributed by atoms with van der Waals surface area (Å²) in [5, 5.41) is 0.663. The van der Waals surface area contributed by atoms with E-state index in [0.29, 0.717) is 22.3 Å². The Morgan fingerprint density at radius 1 is 0.917 bits per heavy atom. The van der Waals surface area contributed by atoms with Crippen molar-refractivity contribution in [2.45, 2.75) is 39.4 Å². The number of hydrogen-bond donors (Lipinski definition) is 0. The summed E-state index contributed by atoms with van der Waals surface area (Å²) < 4.78 is 16.5. The Balaban J connectivity index is 1.87. The van der Waals surface area contributed by atoms with Crippen LogP contribution in [0.25, 0.3) is 0 Å². The summed E-state index contributed by atoms with van der Waals surface area (Å²) in [6.45, 7) is 5.48. The van der Waals surface area contributed by atoms with Crippen molar-refractivity contribution < 1.29 is 19.0 Å². The summed E-state index contributed by atoms with van der Waals surface area (Å²) in [6, 6.07) is 14.4. The highest BCUT2D eigenvalue weighted by atomic mass is 35.5. The molecule has 0 spiro atoms. The maximum Gasteiger partial charge on any atom is 0.309 e. The van der Waals surface area contributed by atoms with Crippen LogP contribution in [0.15, 0.2) is 48.5 Å². The van der Waals surface area contributed by atoms with Crippen molar-refractivity contribution in [2.75, 3.05) is 0 Å². The van der Waals surface area contributed by atoms with E-state index in [1.54, 1.807) is 36.4 Å². The fourth-order valence-electron chi connectivity index (χ4n) is 2.04. The maximum atomic E-state index is 11.6. The van der Waals surface area contributed by atoms with Gasteiger partial charge >= 0.3 is 5.97 Å². The number of hydrogen-bond acceptors (Lipinski definition) is 4. The van der Waals surface area contributed by atoms with Gasteiger partial charge in [-0.25, -0.2) is 0 Å². The van der Waals surface area contributed by atoms with Crippen molar-refractivity contribution in [1.29, 1.82) is 0 Å². The van der Waals surface area contributed by atoms with Gasteiger partial charge in [0.25, 0.3) is 0 Å². The van der Waals surface area contributed by atoms with Crippen LogP contribution in [0.5, 0.6) is 17.2 Å². The molecule has 0 aliphatic heterocycles. The van der Waals surface area contributed by atoms with E-state index >= 15 is 0 Å². The van der Waals surface area contributed by atoms with Gasteiger partial charge in [-0.05, 0) is 69.3 Å². The predicted octanol–water partition coefficient (Wildman–Crippen LogP) is 5.24. The third kappa shape index (κ3) is 6.13. The molecule has 0 amide bonds. The Kier molecular flexibility index (Phi) is 6.50. The molecule has 2 aromatic rings. The van der Waals surface area contributed by atoms with Gasteiger partial charge in [-0.1, -0.05) is 11.6 Å². The quantitative estimate of drug-likeness (QED) is 0.642. The fourth-order valence-corrected chi connectivity index (χ4v) is 2.17. The van der Waals surface area contributed by atoms with Crippen molar-refractivity contribution in [3.05, 3.63) is 53.6 Å². The molecule has 0 heterocycles. The molecule has 1 atom stereocenters. The van der Waals surface area contributed by atoms with Gasteiger partial charge in [-0.2, -0.15) is 0 Å². The molecule has 0 aromatic heterocycles. The highest BCUT2D eigenvalue weighted by Crippen LogP contribution is 2.25. The first-order chi connectivity index (χ1) is 11.4. The minimum Gasteiger partial charge on any atom is -0.490 e. The summed E-state index contributed by atoms with van der Waals surface area (Å²) in [4.78, 5) is 11.6. The van der Waals surface area contributed by atoms with Crippen LogP contribution in [-0.4, -0.2) is 18.2 Å². The number of halogens is 1. The number of esters is 1. The first-order valence-corrected chi connectivity index (χ1v) is 8.20. The van der Waals surface area contributed by atoms with Gasteiger partial charge < -0.3 is 14.2 Å². The molecule has 0 aliphatic carbocycles. The van der Waals surface area contributed by atoms with Crippen LogP contribution in [0.3, 0.4) is 0 Å². The van der Waals surface area contributed by atoms with Crippen LogP contribution in [0, 0.1) is 0 Å². The van der Waals surface area contributed by atoms with Crippen molar-refractivity contribution in [3.63, 3.8) is 0 Å². The molecule has 5 heteroatoms. The van der Waals surface area contributed by atoms with E-state index < -0.39 is 0 Å². The second kappa shape index (κ2) is 8.60. The predicted molar refractivity (Wildman–Crippen MR) is 93.9 cm³/mol. The SMILES string of the molecule is CC(C)OC(=O)CC(C)Oc1ccc(Oc2ccc(Cl)cc2)cc1. The lowest BCUT2D eigenvalue weighted by molar-refractivity contribution is -0.149. The summed E-state index contributed by atoms with van der Waals surface area (Å²) >= 11 is 5.84. The normalized spacial score (nSPS) is 11.9. The lowest BCUT2D eigenvalue weighted by Crippen LogP contribution is -2.21. The molecule has 4 nitrogen and oxygen atoms in total. The Hall–Kier alpha value is -2.20. The van der Waals surface area contributed by atoms with E-state index in [2.05, 4.69) is 0 Å². The highest BCUT2D eigenvalue weighted by Gasteiger charge is 2.13. The van der Waals surface area contributed by atoms with E-state index in [1.165, 1.54) is 0 Å². The molecule has 0 bridgehead atoms. The van der Waals surface area contributed by atoms with E-state index in [0.717, 1.165) is 0 Å². The van der Waals surface area contributed by atoms with Gasteiger partial charge in [-0.15, -0.1) is 0 Å². The molecule has 0 N–H and O–H groups in total. The van der Waals surface area contributed by atoms with Crippen LogP contribution in [-0.2, 0) is 9.53 Å². The molecular weight excluding hydrogens is 328 g/mol. The van der Waals surface area contributed by atoms with Crippen LogP contribution >= 0.6 is 11.6 Å². The Bertz CT molecular complexity index is 650. The lowest BCUT2D eigenvalue weighted by Gasteiger charge is -2.15. The largest absolute Gasteiger partial charge is 0.490 e. The lowest BCUT2D eigenvalue weighted by atomic mass is 10.2. The second-order valence-corrected chi connectivity index (χ2v) is 6.14. The van der Waals surface area contributed by atoms with Crippen LogP contribution in [0.1, 0.15) is 27.2 Å². The minimum atomic E-state index is -0.265. The summed E-state index contributed by atoms with van der Waals surface area (Å²) in [5.41, 5.74) is 0. The first kappa shape index (κ1) is 18.1. The monoisotopic (exact) mass is 348 g/mol. The van der Waals surface area contributed by atoms with Crippen molar-refractivity contribution in [2.24, 2.45) is 0 Å². The topological polar surface area (TPSA) is 44.8 Å². The number of carbonyl (C=O) groups excluding carboxylic acids is 1. The van der Waals surface area contributed by atoms with Gasteiger partial charge in [0.2, 0.25) is 0 Å². The molecule has 0 saturated carbocycles. The average Bonchev–Trinajstić information content (AvgIpc) is 2.50. The third-order valence-corrected chi connectivity index (χ3v) is 3.28. The van der Waals surface area contributed by atoms with Crippen LogP contribution in [0.2, 0.25) is 5.02 Å². The number of benzene rings is 2. The van der Waals surface area contributed by atoms with E-state index in [4.69, 9.17) is 25.8 Å². The Morgan fingerprint density at radius 2 is 1.42 bits per heavy atom. The van der Waals surface area contributed by atoms with Crippen molar-refractivity contribution >= 4 is 17.6 Å². The van der Waals surface area contributed by atoms with Gasteiger partial charge in [-0.3, -0.25) is 4.79 Å². The van der Waals surface area contributed by atoms with Crippen LogP contribution in [0.4, 0.5) is 0 Å². The Morgan fingerprint density at radius 3 is 1.96 bits per heavy atom. The molecule has 0 fully saturated rings. The smallest absolute Gasteiger partial charge is 0.309 e. The number of carbonyl (C=O) groups is 1. The fraction of sp³-hybridized carbons (Fsp3) is 0.316. The summed E-state index contributed by atoms with van der Waals surface area (Å²) in [7, 11) is 0. The molecule has 2 aromatic carbocycles. The van der Waals surface area contributed by atoms with Gasteiger partial charge in [0.15, 0.2) is 0 Å². The minimum absolute atomic E-state index is 0.117. The molecule has 0 saturated heterocycles. The average molecular weight is 349 g/mol. The standard InChI is InChI=1S/C19H21ClO4/c1-13(2)22-19(21)12-14(3)23-16-8-10-18(11-9-16)24-17-6-4-15(20)5-7-17/h4-11,13-14H,12H2,1-3H3.